The Kier molecular flexibility index (Phi) is 3.78. The molecule has 0 amide bonds. The molecule has 0 atom stereocenters. The van der Waals surface area contributed by atoms with Crippen molar-refractivity contribution in [3.05, 3.63) is 49.7 Å². The van der Waals surface area contributed by atoms with Crippen molar-refractivity contribution in [2.45, 2.75) is 20.8 Å². The molecule has 1 aromatic carbocycles. The lowest BCUT2D eigenvalue weighted by Gasteiger charge is -2.14. The third-order valence-electron chi connectivity index (χ3n) is 2.98. The van der Waals surface area contributed by atoms with Crippen LogP contribution >= 0.6 is 31.9 Å². The highest BCUT2D eigenvalue weighted by atomic mass is 79.9. The minimum atomic E-state index is 0.729. The van der Waals surface area contributed by atoms with E-state index in [2.05, 4.69) is 48.6 Å². The first-order chi connectivity index (χ1) is 8.45. The first-order valence-electron chi connectivity index (χ1n) is 5.56. The number of benzene rings is 1. The molecule has 2 nitrogen and oxygen atoms in total. The summed E-state index contributed by atoms with van der Waals surface area (Å²) in [5, 5.41) is 0. The van der Waals surface area contributed by atoms with E-state index in [0.717, 1.165) is 37.9 Å². The molecule has 0 fully saturated rings. The van der Waals surface area contributed by atoms with Gasteiger partial charge in [0.2, 0.25) is 0 Å². The summed E-state index contributed by atoms with van der Waals surface area (Å²) >= 11 is 7.19. The van der Waals surface area contributed by atoms with Crippen molar-refractivity contribution in [1.82, 2.24) is 4.57 Å². The molecule has 4 heteroatoms. The van der Waals surface area contributed by atoms with E-state index in [4.69, 9.17) is 0 Å². The van der Waals surface area contributed by atoms with Gasteiger partial charge in [0.1, 0.15) is 0 Å². The van der Waals surface area contributed by atoms with Crippen LogP contribution in [0.4, 0.5) is 0 Å². The average Bonchev–Trinajstić information content (AvgIpc) is 2.55. The Morgan fingerprint density at radius 1 is 1.06 bits per heavy atom. The zero-order valence-electron chi connectivity index (χ0n) is 10.4. The van der Waals surface area contributed by atoms with Crippen LogP contribution in [0.1, 0.15) is 27.3 Å². The Bertz CT molecular complexity index is 606. The van der Waals surface area contributed by atoms with Gasteiger partial charge in [-0.05, 0) is 76.4 Å². The number of nitrogens with zero attached hydrogens (tertiary/aromatic N) is 1. The molecule has 94 valence electrons. The molecule has 18 heavy (non-hydrogen) atoms. The van der Waals surface area contributed by atoms with E-state index in [0.29, 0.717) is 0 Å². The van der Waals surface area contributed by atoms with Gasteiger partial charge < -0.3 is 4.57 Å². The largest absolute Gasteiger partial charge is 0.316 e. The topological polar surface area (TPSA) is 22.0 Å². The van der Waals surface area contributed by atoms with Crippen LogP contribution in [0.3, 0.4) is 0 Å². The molecule has 0 bridgehead atoms. The second-order valence-corrected chi connectivity index (χ2v) is 6.07. The van der Waals surface area contributed by atoms with E-state index in [9.17, 15) is 4.79 Å². The first-order valence-corrected chi connectivity index (χ1v) is 7.14. The van der Waals surface area contributed by atoms with Crippen molar-refractivity contribution in [3.63, 3.8) is 0 Å². The Morgan fingerprint density at radius 2 is 1.61 bits per heavy atom. The minimum absolute atomic E-state index is 0.729. The predicted octanol–water partition coefficient (Wildman–Crippen LogP) is 4.74. The lowest BCUT2D eigenvalue weighted by molar-refractivity contribution is 0.112. The van der Waals surface area contributed by atoms with E-state index in [1.807, 2.05) is 26.8 Å². The SMILES string of the molecule is Cc1cc(Br)c(-n2c(C)cc(C=O)c2C)c(Br)c1. The summed E-state index contributed by atoms with van der Waals surface area (Å²) < 4.78 is 4.10. The maximum Gasteiger partial charge on any atom is 0.151 e. The molecule has 0 spiro atoms. The average molecular weight is 371 g/mol. The van der Waals surface area contributed by atoms with Gasteiger partial charge >= 0.3 is 0 Å². The van der Waals surface area contributed by atoms with Crippen molar-refractivity contribution < 1.29 is 4.79 Å². The molecule has 2 aromatic rings. The normalized spacial score (nSPS) is 10.7. The summed E-state index contributed by atoms with van der Waals surface area (Å²) in [4.78, 5) is 11.0. The van der Waals surface area contributed by atoms with Gasteiger partial charge in [-0.2, -0.15) is 0 Å². The maximum atomic E-state index is 11.0. The van der Waals surface area contributed by atoms with Crippen LogP contribution in [0.15, 0.2) is 27.1 Å². The number of aromatic nitrogens is 1. The Labute approximate surface area is 123 Å². The maximum absolute atomic E-state index is 11.0. The van der Waals surface area contributed by atoms with Crippen molar-refractivity contribution in [2.75, 3.05) is 0 Å². The summed E-state index contributed by atoms with van der Waals surface area (Å²) in [5.41, 5.74) is 4.93. The molecule has 0 saturated carbocycles. The summed E-state index contributed by atoms with van der Waals surface area (Å²) in [6.07, 6.45) is 0.898. The molecular formula is C14H13Br2NO. The van der Waals surface area contributed by atoms with Crippen LogP contribution in [-0.2, 0) is 0 Å². The van der Waals surface area contributed by atoms with Crippen LogP contribution in [0.25, 0.3) is 5.69 Å². The van der Waals surface area contributed by atoms with Gasteiger partial charge in [0, 0.05) is 25.9 Å². The van der Waals surface area contributed by atoms with E-state index < -0.39 is 0 Å². The van der Waals surface area contributed by atoms with Gasteiger partial charge in [-0.1, -0.05) is 0 Å². The van der Waals surface area contributed by atoms with Crippen LogP contribution in [0, 0.1) is 20.8 Å². The molecule has 0 N–H and O–H groups in total. The van der Waals surface area contributed by atoms with E-state index in [-0.39, 0.29) is 0 Å². The van der Waals surface area contributed by atoms with Gasteiger partial charge in [0.05, 0.1) is 5.69 Å². The van der Waals surface area contributed by atoms with E-state index in [1.54, 1.807) is 0 Å². The zero-order valence-corrected chi connectivity index (χ0v) is 13.6. The minimum Gasteiger partial charge on any atom is -0.316 e. The number of aldehydes is 1. The molecule has 1 aromatic heterocycles. The fourth-order valence-corrected chi connectivity index (χ4v) is 3.93. The number of halogens is 2. The Hall–Kier alpha value is -0.870. The standard InChI is InChI=1S/C14H13Br2NO/c1-8-4-12(15)14(13(16)5-8)17-9(2)6-11(7-18)10(17)3/h4-7H,1-3H3. The number of carbonyl (C=O) groups excluding carboxylic acids is 1. The van der Waals surface area contributed by atoms with E-state index >= 15 is 0 Å². The number of hydrogen-bond donors (Lipinski definition) is 0. The van der Waals surface area contributed by atoms with Gasteiger partial charge in [0.15, 0.2) is 6.29 Å². The Morgan fingerprint density at radius 3 is 2.06 bits per heavy atom. The fourth-order valence-electron chi connectivity index (χ4n) is 2.16. The molecule has 0 radical (unpaired) electrons. The zero-order chi connectivity index (χ0) is 13.4. The van der Waals surface area contributed by atoms with Gasteiger partial charge in [-0.15, -0.1) is 0 Å². The number of carbonyl (C=O) groups is 1. The number of aryl methyl sites for hydroxylation is 2. The highest BCUT2D eigenvalue weighted by molar-refractivity contribution is 9.11. The summed E-state index contributed by atoms with van der Waals surface area (Å²) in [5.74, 6) is 0. The lowest BCUT2D eigenvalue weighted by atomic mass is 10.2. The van der Waals surface area contributed by atoms with Crippen molar-refractivity contribution in [2.24, 2.45) is 0 Å². The summed E-state index contributed by atoms with van der Waals surface area (Å²) in [7, 11) is 0. The quantitative estimate of drug-likeness (QED) is 0.699. The second-order valence-electron chi connectivity index (χ2n) is 4.36. The molecule has 0 aliphatic rings. The van der Waals surface area contributed by atoms with E-state index in [1.165, 1.54) is 5.56 Å². The van der Waals surface area contributed by atoms with Gasteiger partial charge in [-0.25, -0.2) is 0 Å². The summed E-state index contributed by atoms with van der Waals surface area (Å²) in [6, 6.07) is 6.04. The van der Waals surface area contributed by atoms with Crippen molar-refractivity contribution in [1.29, 1.82) is 0 Å². The van der Waals surface area contributed by atoms with Crippen molar-refractivity contribution >= 4 is 38.1 Å². The van der Waals surface area contributed by atoms with Gasteiger partial charge in [0.25, 0.3) is 0 Å². The molecule has 2 rings (SSSR count). The fraction of sp³-hybridized carbons (Fsp3) is 0.214. The second kappa shape index (κ2) is 5.02. The third kappa shape index (κ3) is 2.19. The van der Waals surface area contributed by atoms with Crippen LogP contribution in [-0.4, -0.2) is 10.9 Å². The summed E-state index contributed by atoms with van der Waals surface area (Å²) in [6.45, 7) is 6.00. The smallest absolute Gasteiger partial charge is 0.151 e. The van der Waals surface area contributed by atoms with Crippen LogP contribution in [0.5, 0.6) is 0 Å². The molecular weight excluding hydrogens is 358 g/mol. The molecule has 0 aliphatic carbocycles. The van der Waals surface area contributed by atoms with Gasteiger partial charge in [-0.3, -0.25) is 4.79 Å². The van der Waals surface area contributed by atoms with Crippen LogP contribution in [0.2, 0.25) is 0 Å². The number of rotatable bonds is 2. The molecule has 0 aliphatic heterocycles. The number of hydrogen-bond acceptors (Lipinski definition) is 1. The highest BCUT2D eigenvalue weighted by Crippen LogP contribution is 2.33. The third-order valence-corrected chi connectivity index (χ3v) is 4.19. The van der Waals surface area contributed by atoms with Crippen LogP contribution < -0.4 is 0 Å². The molecule has 0 saturated heterocycles. The Balaban J connectivity index is 2.77. The predicted molar refractivity (Wildman–Crippen MR) is 80.8 cm³/mol. The highest BCUT2D eigenvalue weighted by Gasteiger charge is 2.15. The molecule has 0 unspecified atom stereocenters. The molecule has 1 heterocycles. The monoisotopic (exact) mass is 369 g/mol. The van der Waals surface area contributed by atoms with Crippen molar-refractivity contribution in [3.8, 4) is 5.69 Å². The lowest BCUT2D eigenvalue weighted by Crippen LogP contribution is -2.02. The first kappa shape index (κ1) is 13.6.